The second-order valence-electron chi connectivity index (χ2n) is 4.63. The minimum atomic E-state index is -0.993. The van der Waals surface area contributed by atoms with Crippen molar-refractivity contribution in [1.29, 1.82) is 5.26 Å². The van der Waals surface area contributed by atoms with Gasteiger partial charge in [-0.15, -0.1) is 0 Å². The molecule has 0 saturated carbocycles. The highest BCUT2D eigenvalue weighted by molar-refractivity contribution is 5.96. The van der Waals surface area contributed by atoms with E-state index < -0.39 is 24.3 Å². The molecule has 0 aliphatic carbocycles. The molecule has 0 aliphatic rings. The van der Waals surface area contributed by atoms with E-state index in [2.05, 4.69) is 5.32 Å². The summed E-state index contributed by atoms with van der Waals surface area (Å²) in [6.45, 7) is -0.587. The van der Waals surface area contributed by atoms with E-state index in [1.54, 1.807) is 30.3 Å². The normalized spacial score (nSPS) is 9.71. The van der Waals surface area contributed by atoms with Crippen molar-refractivity contribution in [1.82, 2.24) is 0 Å². The summed E-state index contributed by atoms with van der Waals surface area (Å²) in [5.74, 6) is -2.02. The number of esters is 1. The molecule has 0 heterocycles. The Morgan fingerprint density at radius 2 is 2.00 bits per heavy atom. The van der Waals surface area contributed by atoms with Crippen LogP contribution in [0, 0.1) is 17.1 Å². The quantitative estimate of drug-likeness (QED) is 0.852. The molecule has 7 heteroatoms. The number of nitriles is 1. The Balaban J connectivity index is 1.96. The van der Waals surface area contributed by atoms with Crippen LogP contribution in [0.4, 0.5) is 10.1 Å². The van der Waals surface area contributed by atoms with Gasteiger partial charge in [-0.2, -0.15) is 5.26 Å². The van der Waals surface area contributed by atoms with Gasteiger partial charge in [-0.1, -0.05) is 12.1 Å². The van der Waals surface area contributed by atoms with Gasteiger partial charge in [0.05, 0.1) is 30.0 Å². The third-order valence-corrected chi connectivity index (χ3v) is 3.03. The van der Waals surface area contributed by atoms with Gasteiger partial charge in [-0.05, 0) is 30.3 Å². The smallest absolute Gasteiger partial charge is 0.341 e. The monoisotopic (exact) mass is 328 g/mol. The summed E-state index contributed by atoms with van der Waals surface area (Å²) in [6, 6.07) is 11.8. The number of amides is 1. The third kappa shape index (κ3) is 4.08. The van der Waals surface area contributed by atoms with Crippen molar-refractivity contribution in [2.45, 2.75) is 0 Å². The molecule has 0 fully saturated rings. The highest BCUT2D eigenvalue weighted by atomic mass is 19.1. The number of halogens is 1. The van der Waals surface area contributed by atoms with Gasteiger partial charge in [0.1, 0.15) is 11.6 Å². The van der Waals surface area contributed by atoms with E-state index in [1.807, 2.05) is 0 Å². The summed E-state index contributed by atoms with van der Waals surface area (Å²) in [5, 5.41) is 11.2. The number of hydrogen-bond donors (Lipinski definition) is 1. The first-order valence-corrected chi connectivity index (χ1v) is 6.84. The van der Waals surface area contributed by atoms with Crippen LogP contribution in [-0.4, -0.2) is 25.6 Å². The first-order valence-electron chi connectivity index (χ1n) is 6.84. The highest BCUT2D eigenvalue weighted by Crippen LogP contribution is 2.22. The number of nitrogens with zero attached hydrogens (tertiary/aromatic N) is 1. The molecule has 2 aromatic carbocycles. The van der Waals surface area contributed by atoms with Gasteiger partial charge in [-0.25, -0.2) is 9.18 Å². The molecule has 0 aliphatic heterocycles. The lowest BCUT2D eigenvalue weighted by atomic mass is 10.1. The molecule has 2 rings (SSSR count). The number of carbonyl (C=O) groups is 2. The average molecular weight is 328 g/mol. The number of carbonyl (C=O) groups excluding carboxylic acids is 2. The van der Waals surface area contributed by atoms with Crippen LogP contribution in [0.1, 0.15) is 15.9 Å². The molecule has 0 radical (unpaired) electrons. The van der Waals surface area contributed by atoms with Crippen molar-refractivity contribution in [3.8, 4) is 11.8 Å². The minimum absolute atomic E-state index is 0.0814. The summed E-state index contributed by atoms with van der Waals surface area (Å²) in [7, 11) is 1.46. The third-order valence-electron chi connectivity index (χ3n) is 3.03. The Morgan fingerprint density at radius 1 is 1.25 bits per heavy atom. The van der Waals surface area contributed by atoms with Gasteiger partial charge in [0.25, 0.3) is 5.91 Å². The van der Waals surface area contributed by atoms with Crippen LogP contribution in [0.3, 0.4) is 0 Å². The number of hydrogen-bond acceptors (Lipinski definition) is 5. The molecule has 24 heavy (non-hydrogen) atoms. The summed E-state index contributed by atoms with van der Waals surface area (Å²) in [5.41, 5.74) is 0.155. The van der Waals surface area contributed by atoms with E-state index in [4.69, 9.17) is 14.7 Å². The zero-order valence-corrected chi connectivity index (χ0v) is 12.7. The van der Waals surface area contributed by atoms with Gasteiger partial charge >= 0.3 is 5.97 Å². The maximum atomic E-state index is 13.7. The molecular weight excluding hydrogens is 315 g/mol. The molecule has 0 bridgehead atoms. The molecule has 0 aromatic heterocycles. The molecule has 122 valence electrons. The van der Waals surface area contributed by atoms with Crippen LogP contribution < -0.4 is 10.1 Å². The first kappa shape index (κ1) is 17.0. The van der Waals surface area contributed by atoms with E-state index in [1.165, 1.54) is 13.2 Å². The Kier molecular flexibility index (Phi) is 5.47. The fourth-order valence-corrected chi connectivity index (χ4v) is 1.89. The van der Waals surface area contributed by atoms with Crippen LogP contribution in [0.5, 0.6) is 5.75 Å². The summed E-state index contributed by atoms with van der Waals surface area (Å²) in [6.07, 6.45) is 0. The minimum Gasteiger partial charge on any atom is -0.495 e. The maximum absolute atomic E-state index is 13.7. The van der Waals surface area contributed by atoms with E-state index in [0.29, 0.717) is 11.4 Å². The number of para-hydroxylation sites is 2. The lowest BCUT2D eigenvalue weighted by molar-refractivity contribution is -0.119. The zero-order chi connectivity index (χ0) is 17.5. The SMILES string of the molecule is COc1ccccc1NC(=O)COC(=O)c1ccc(C#N)cc1F. The number of anilines is 1. The lowest BCUT2D eigenvalue weighted by Crippen LogP contribution is -2.21. The standard InChI is InChI=1S/C17H13FN2O4/c1-23-15-5-3-2-4-14(15)20-16(21)10-24-17(22)12-7-6-11(9-19)8-13(12)18/h2-8H,10H2,1H3,(H,20,21). The lowest BCUT2D eigenvalue weighted by Gasteiger charge is -2.10. The van der Waals surface area contributed by atoms with Crippen LogP contribution in [0.25, 0.3) is 0 Å². The van der Waals surface area contributed by atoms with Gasteiger partial charge < -0.3 is 14.8 Å². The van der Waals surface area contributed by atoms with E-state index in [9.17, 15) is 14.0 Å². The van der Waals surface area contributed by atoms with Crippen LogP contribution >= 0.6 is 0 Å². The number of methoxy groups -OCH3 is 1. The largest absolute Gasteiger partial charge is 0.495 e. The average Bonchev–Trinajstić information content (AvgIpc) is 2.60. The molecule has 0 atom stereocenters. The fraction of sp³-hybridized carbons (Fsp3) is 0.118. The topological polar surface area (TPSA) is 88.4 Å². The highest BCUT2D eigenvalue weighted by Gasteiger charge is 2.16. The predicted molar refractivity (Wildman–Crippen MR) is 83.0 cm³/mol. The second-order valence-corrected chi connectivity index (χ2v) is 4.63. The van der Waals surface area contributed by atoms with E-state index >= 15 is 0 Å². The Bertz CT molecular complexity index is 814. The van der Waals surface area contributed by atoms with Gasteiger partial charge in [0.15, 0.2) is 6.61 Å². The number of ether oxygens (including phenoxy) is 2. The van der Waals surface area contributed by atoms with Crippen molar-refractivity contribution in [3.63, 3.8) is 0 Å². The summed E-state index contributed by atoms with van der Waals surface area (Å²) < 4.78 is 23.5. The van der Waals surface area contributed by atoms with Crippen LogP contribution in [0.2, 0.25) is 0 Å². The molecule has 0 spiro atoms. The second kappa shape index (κ2) is 7.74. The first-order chi connectivity index (χ1) is 11.5. The summed E-state index contributed by atoms with van der Waals surface area (Å²) in [4.78, 5) is 23.6. The number of nitrogens with one attached hydrogen (secondary N) is 1. The molecule has 1 N–H and O–H groups in total. The van der Waals surface area contributed by atoms with Crippen molar-refractivity contribution in [2.24, 2.45) is 0 Å². The number of benzene rings is 2. The molecule has 6 nitrogen and oxygen atoms in total. The Labute approximate surface area is 137 Å². The van der Waals surface area contributed by atoms with Crippen LogP contribution in [0.15, 0.2) is 42.5 Å². The van der Waals surface area contributed by atoms with Gasteiger partial charge in [-0.3, -0.25) is 4.79 Å². The van der Waals surface area contributed by atoms with Crippen molar-refractivity contribution in [2.75, 3.05) is 19.0 Å². The molecular formula is C17H13FN2O4. The van der Waals surface area contributed by atoms with Crippen LogP contribution in [-0.2, 0) is 9.53 Å². The Morgan fingerprint density at radius 3 is 2.67 bits per heavy atom. The fourth-order valence-electron chi connectivity index (χ4n) is 1.89. The summed E-state index contributed by atoms with van der Waals surface area (Å²) >= 11 is 0. The predicted octanol–water partition coefficient (Wildman–Crippen LogP) is 2.50. The molecule has 0 unspecified atom stereocenters. The van der Waals surface area contributed by atoms with E-state index in [-0.39, 0.29) is 11.1 Å². The van der Waals surface area contributed by atoms with Gasteiger partial charge in [0, 0.05) is 0 Å². The van der Waals surface area contributed by atoms with Gasteiger partial charge in [0.2, 0.25) is 0 Å². The number of rotatable bonds is 5. The Hall–Kier alpha value is -3.40. The molecule has 1 amide bonds. The zero-order valence-electron chi connectivity index (χ0n) is 12.7. The molecule has 0 saturated heterocycles. The molecule has 2 aromatic rings. The van der Waals surface area contributed by atoms with Crippen molar-refractivity contribution in [3.05, 3.63) is 59.4 Å². The maximum Gasteiger partial charge on any atom is 0.341 e. The van der Waals surface area contributed by atoms with Crippen molar-refractivity contribution < 1.29 is 23.5 Å². The van der Waals surface area contributed by atoms with Crippen molar-refractivity contribution >= 4 is 17.6 Å². The van der Waals surface area contributed by atoms with E-state index in [0.717, 1.165) is 12.1 Å².